The van der Waals surface area contributed by atoms with Gasteiger partial charge >= 0.3 is 5.97 Å². The number of rotatable bonds is 4. The first-order chi connectivity index (χ1) is 12.9. The molecule has 27 heavy (non-hydrogen) atoms. The van der Waals surface area contributed by atoms with Crippen LogP contribution in [0.3, 0.4) is 0 Å². The Balaban J connectivity index is 1.69. The summed E-state index contributed by atoms with van der Waals surface area (Å²) in [5.74, 6) is -1.80. The van der Waals surface area contributed by atoms with Crippen LogP contribution in [0.2, 0.25) is 0 Å². The Labute approximate surface area is 154 Å². The van der Waals surface area contributed by atoms with Gasteiger partial charge in [-0.15, -0.1) is 0 Å². The number of nitro benzene ring substituents is 1. The molecule has 1 saturated heterocycles. The number of anilines is 1. The van der Waals surface area contributed by atoms with E-state index in [-0.39, 0.29) is 28.5 Å². The SMILES string of the molecule is O=C(O)c1cc(N2CCN(C(=O)c3cccc([N+](=O)[O-])c3)CC2)ccc1O. The molecule has 1 aliphatic rings. The number of carboxylic acid groups (broad SMARTS) is 1. The van der Waals surface area contributed by atoms with Crippen molar-refractivity contribution in [1.29, 1.82) is 0 Å². The Bertz CT molecular complexity index is 906. The van der Waals surface area contributed by atoms with Crippen molar-refractivity contribution in [3.8, 4) is 5.75 Å². The van der Waals surface area contributed by atoms with Gasteiger partial charge in [-0.05, 0) is 24.3 Å². The Hall–Kier alpha value is -3.62. The van der Waals surface area contributed by atoms with Crippen LogP contribution < -0.4 is 4.90 Å². The average Bonchev–Trinajstić information content (AvgIpc) is 2.68. The van der Waals surface area contributed by atoms with Crippen LogP contribution in [0.15, 0.2) is 42.5 Å². The standard InChI is InChI=1S/C18H17N3O6/c22-16-5-4-13(11-15(16)18(24)25)19-6-8-20(9-7-19)17(23)12-2-1-3-14(10-12)21(26)27/h1-5,10-11,22H,6-9H2,(H,24,25). The second kappa shape index (κ2) is 7.32. The van der Waals surface area contributed by atoms with Crippen LogP contribution in [0.25, 0.3) is 0 Å². The lowest BCUT2D eigenvalue weighted by Crippen LogP contribution is -2.48. The Morgan fingerprint density at radius 1 is 1.04 bits per heavy atom. The van der Waals surface area contributed by atoms with Gasteiger partial charge in [-0.25, -0.2) is 4.79 Å². The predicted molar refractivity (Wildman–Crippen MR) is 96.3 cm³/mol. The predicted octanol–water partition coefficient (Wildman–Crippen LogP) is 1.96. The summed E-state index contributed by atoms with van der Waals surface area (Å²) in [7, 11) is 0. The Morgan fingerprint density at radius 3 is 2.37 bits per heavy atom. The monoisotopic (exact) mass is 371 g/mol. The summed E-state index contributed by atoms with van der Waals surface area (Å²) >= 11 is 0. The second-order valence-electron chi connectivity index (χ2n) is 6.09. The highest BCUT2D eigenvalue weighted by Crippen LogP contribution is 2.25. The van der Waals surface area contributed by atoms with Gasteiger partial charge in [-0.3, -0.25) is 14.9 Å². The lowest BCUT2D eigenvalue weighted by atomic mass is 10.1. The van der Waals surface area contributed by atoms with E-state index in [9.17, 15) is 24.8 Å². The molecule has 0 aromatic heterocycles. The van der Waals surface area contributed by atoms with Gasteiger partial charge in [-0.1, -0.05) is 6.07 Å². The third kappa shape index (κ3) is 3.81. The number of carboxylic acids is 1. The number of non-ortho nitro benzene ring substituents is 1. The summed E-state index contributed by atoms with van der Waals surface area (Å²) in [6.07, 6.45) is 0. The van der Waals surface area contributed by atoms with E-state index < -0.39 is 10.9 Å². The van der Waals surface area contributed by atoms with Crippen molar-refractivity contribution < 1.29 is 24.7 Å². The highest BCUT2D eigenvalue weighted by atomic mass is 16.6. The van der Waals surface area contributed by atoms with E-state index in [0.29, 0.717) is 31.9 Å². The Kier molecular flexibility index (Phi) is 4.93. The van der Waals surface area contributed by atoms with Crippen molar-refractivity contribution in [2.45, 2.75) is 0 Å². The van der Waals surface area contributed by atoms with E-state index in [4.69, 9.17) is 5.11 Å². The number of aromatic carboxylic acids is 1. The largest absolute Gasteiger partial charge is 0.507 e. The van der Waals surface area contributed by atoms with Gasteiger partial charge in [0, 0.05) is 49.6 Å². The Morgan fingerprint density at radius 2 is 1.74 bits per heavy atom. The van der Waals surface area contributed by atoms with Crippen LogP contribution in [-0.4, -0.2) is 58.1 Å². The van der Waals surface area contributed by atoms with Gasteiger partial charge in [0.2, 0.25) is 0 Å². The molecule has 0 aliphatic carbocycles. The van der Waals surface area contributed by atoms with Gasteiger partial charge in [0.05, 0.1) is 4.92 Å². The maximum atomic E-state index is 12.6. The minimum absolute atomic E-state index is 0.134. The molecule has 0 unspecified atom stereocenters. The number of piperazine rings is 1. The topological polar surface area (TPSA) is 124 Å². The number of hydrogen-bond donors (Lipinski definition) is 2. The molecule has 0 radical (unpaired) electrons. The molecular weight excluding hydrogens is 354 g/mol. The fourth-order valence-corrected chi connectivity index (χ4v) is 2.99. The number of hydrogen-bond acceptors (Lipinski definition) is 6. The quantitative estimate of drug-likeness (QED) is 0.622. The molecule has 0 atom stereocenters. The van der Waals surface area contributed by atoms with Crippen molar-refractivity contribution in [3.05, 3.63) is 63.7 Å². The van der Waals surface area contributed by atoms with E-state index in [0.717, 1.165) is 0 Å². The molecule has 0 spiro atoms. The summed E-state index contributed by atoms with van der Waals surface area (Å²) in [6, 6.07) is 9.97. The summed E-state index contributed by atoms with van der Waals surface area (Å²) in [5.41, 5.74) is 0.593. The van der Waals surface area contributed by atoms with Gasteiger partial charge in [-0.2, -0.15) is 0 Å². The number of nitrogens with zero attached hydrogens (tertiary/aromatic N) is 3. The van der Waals surface area contributed by atoms with Crippen LogP contribution in [0.4, 0.5) is 11.4 Å². The number of phenols is 1. The zero-order valence-corrected chi connectivity index (χ0v) is 14.2. The van der Waals surface area contributed by atoms with Gasteiger partial charge < -0.3 is 20.0 Å². The van der Waals surface area contributed by atoms with Crippen molar-refractivity contribution in [3.63, 3.8) is 0 Å². The summed E-state index contributed by atoms with van der Waals surface area (Å²) in [5, 5.41) is 29.6. The van der Waals surface area contributed by atoms with Crippen LogP contribution in [0.1, 0.15) is 20.7 Å². The normalized spacial score (nSPS) is 14.1. The maximum Gasteiger partial charge on any atom is 0.339 e. The highest BCUT2D eigenvalue weighted by molar-refractivity contribution is 5.95. The zero-order valence-electron chi connectivity index (χ0n) is 14.2. The molecule has 0 bridgehead atoms. The minimum Gasteiger partial charge on any atom is -0.507 e. The van der Waals surface area contributed by atoms with E-state index in [1.807, 2.05) is 4.90 Å². The molecule has 2 aromatic rings. The first kappa shape index (κ1) is 18.2. The van der Waals surface area contributed by atoms with E-state index in [2.05, 4.69) is 0 Å². The number of aromatic hydroxyl groups is 1. The first-order valence-corrected chi connectivity index (χ1v) is 8.22. The molecule has 0 saturated carbocycles. The van der Waals surface area contributed by atoms with Crippen LogP contribution in [0.5, 0.6) is 5.75 Å². The van der Waals surface area contributed by atoms with E-state index in [1.165, 1.54) is 30.3 Å². The van der Waals surface area contributed by atoms with Crippen LogP contribution in [-0.2, 0) is 0 Å². The molecule has 2 aromatic carbocycles. The molecule has 1 amide bonds. The minimum atomic E-state index is -1.21. The smallest absolute Gasteiger partial charge is 0.339 e. The molecular formula is C18H17N3O6. The molecule has 2 N–H and O–H groups in total. The molecule has 1 fully saturated rings. The number of benzene rings is 2. The van der Waals surface area contributed by atoms with E-state index >= 15 is 0 Å². The first-order valence-electron chi connectivity index (χ1n) is 8.22. The lowest BCUT2D eigenvalue weighted by molar-refractivity contribution is -0.384. The fourth-order valence-electron chi connectivity index (χ4n) is 2.99. The molecule has 1 heterocycles. The lowest BCUT2D eigenvalue weighted by Gasteiger charge is -2.36. The third-order valence-corrected chi connectivity index (χ3v) is 4.45. The maximum absolute atomic E-state index is 12.6. The van der Waals surface area contributed by atoms with Crippen molar-refractivity contribution in [1.82, 2.24) is 4.90 Å². The second-order valence-corrected chi connectivity index (χ2v) is 6.09. The van der Waals surface area contributed by atoms with Crippen LogP contribution in [0, 0.1) is 10.1 Å². The number of carbonyl (C=O) groups excluding carboxylic acids is 1. The molecule has 3 rings (SSSR count). The number of nitro groups is 1. The number of carbonyl (C=O) groups is 2. The van der Waals surface area contributed by atoms with Gasteiger partial charge in [0.25, 0.3) is 11.6 Å². The highest BCUT2D eigenvalue weighted by Gasteiger charge is 2.24. The molecule has 140 valence electrons. The molecule has 9 nitrogen and oxygen atoms in total. The number of amides is 1. The van der Waals surface area contributed by atoms with Gasteiger partial charge in [0.15, 0.2) is 0 Å². The fraction of sp³-hybridized carbons (Fsp3) is 0.222. The van der Waals surface area contributed by atoms with E-state index in [1.54, 1.807) is 17.0 Å². The molecule has 9 heteroatoms. The average molecular weight is 371 g/mol. The van der Waals surface area contributed by atoms with Gasteiger partial charge in [0.1, 0.15) is 11.3 Å². The summed E-state index contributed by atoms with van der Waals surface area (Å²) < 4.78 is 0. The van der Waals surface area contributed by atoms with Crippen molar-refractivity contribution in [2.24, 2.45) is 0 Å². The summed E-state index contributed by atoms with van der Waals surface area (Å²) in [4.78, 5) is 37.6. The van der Waals surface area contributed by atoms with Crippen molar-refractivity contribution in [2.75, 3.05) is 31.1 Å². The molecule has 1 aliphatic heterocycles. The van der Waals surface area contributed by atoms with Crippen LogP contribution >= 0.6 is 0 Å². The van der Waals surface area contributed by atoms with Crippen molar-refractivity contribution >= 4 is 23.3 Å². The summed E-state index contributed by atoms with van der Waals surface area (Å²) in [6.45, 7) is 1.74. The zero-order chi connectivity index (χ0) is 19.6. The third-order valence-electron chi connectivity index (χ3n) is 4.45.